The quantitative estimate of drug-likeness (QED) is 0.874. The molecule has 1 saturated heterocycles. The summed E-state index contributed by atoms with van der Waals surface area (Å²) in [5, 5.41) is 12.8. The van der Waals surface area contributed by atoms with Crippen LogP contribution in [0.3, 0.4) is 0 Å². The van der Waals surface area contributed by atoms with Crippen LogP contribution in [0.15, 0.2) is 24.3 Å². The van der Waals surface area contributed by atoms with E-state index >= 15 is 0 Å². The number of amides is 1. The number of carbonyl (C=O) groups is 1. The largest absolute Gasteiger partial charge is 0.508 e. The summed E-state index contributed by atoms with van der Waals surface area (Å²) in [5.74, 6) is 0.775. The molecule has 0 radical (unpaired) electrons. The van der Waals surface area contributed by atoms with Crippen molar-refractivity contribution in [2.24, 2.45) is 5.92 Å². The smallest absolute Gasteiger partial charge is 0.227 e. The Bertz CT molecular complexity index is 428. The Hall–Kier alpha value is -1.55. The number of piperidine rings is 1. The van der Waals surface area contributed by atoms with Crippen LogP contribution in [-0.4, -0.2) is 30.6 Å². The molecule has 1 amide bonds. The van der Waals surface area contributed by atoms with E-state index in [4.69, 9.17) is 0 Å². The van der Waals surface area contributed by atoms with E-state index in [0.717, 1.165) is 31.6 Å². The molecule has 1 atom stereocenters. The molecule has 1 aromatic rings. The molecule has 1 fully saturated rings. The Morgan fingerprint density at radius 3 is 3.00 bits per heavy atom. The molecule has 2 rings (SSSR count). The van der Waals surface area contributed by atoms with E-state index < -0.39 is 0 Å². The standard InChI is InChI=1S/C15H22N2O2/c1-2-17(13-6-3-7-14(18)10-13)15(19)9-12-5-4-8-16-11-12/h3,6-7,10,12,16,18H,2,4-5,8-9,11H2,1H3. The van der Waals surface area contributed by atoms with Gasteiger partial charge in [-0.25, -0.2) is 0 Å². The van der Waals surface area contributed by atoms with Crippen LogP contribution >= 0.6 is 0 Å². The van der Waals surface area contributed by atoms with Crippen LogP contribution in [0.25, 0.3) is 0 Å². The number of nitrogens with one attached hydrogen (secondary N) is 1. The van der Waals surface area contributed by atoms with Crippen LogP contribution in [-0.2, 0) is 4.79 Å². The predicted octanol–water partition coefficient (Wildman–Crippen LogP) is 2.13. The number of aromatic hydroxyl groups is 1. The molecule has 0 aliphatic carbocycles. The lowest BCUT2D eigenvalue weighted by molar-refractivity contribution is -0.119. The van der Waals surface area contributed by atoms with Crippen LogP contribution < -0.4 is 10.2 Å². The summed E-state index contributed by atoms with van der Waals surface area (Å²) in [6, 6.07) is 6.89. The third-order valence-corrected chi connectivity index (χ3v) is 3.62. The van der Waals surface area contributed by atoms with Crippen LogP contribution in [0.2, 0.25) is 0 Å². The summed E-state index contributed by atoms with van der Waals surface area (Å²) in [6.07, 6.45) is 2.85. The first-order chi connectivity index (χ1) is 9.20. The highest BCUT2D eigenvalue weighted by Crippen LogP contribution is 2.22. The number of anilines is 1. The van der Waals surface area contributed by atoms with Gasteiger partial charge in [-0.3, -0.25) is 4.79 Å². The highest BCUT2D eigenvalue weighted by molar-refractivity contribution is 5.93. The first-order valence-corrected chi connectivity index (χ1v) is 7.01. The molecule has 4 heteroatoms. The van der Waals surface area contributed by atoms with Crippen molar-refractivity contribution in [3.05, 3.63) is 24.3 Å². The molecular formula is C15H22N2O2. The molecule has 1 aromatic carbocycles. The zero-order valence-electron chi connectivity index (χ0n) is 11.4. The number of rotatable bonds is 4. The van der Waals surface area contributed by atoms with Crippen molar-refractivity contribution in [2.45, 2.75) is 26.2 Å². The Labute approximate surface area is 114 Å². The van der Waals surface area contributed by atoms with Crippen molar-refractivity contribution in [3.8, 4) is 5.75 Å². The lowest BCUT2D eigenvalue weighted by Gasteiger charge is -2.26. The van der Waals surface area contributed by atoms with Crippen molar-refractivity contribution >= 4 is 11.6 Å². The van der Waals surface area contributed by atoms with Gasteiger partial charge < -0.3 is 15.3 Å². The fourth-order valence-electron chi connectivity index (χ4n) is 2.62. The van der Waals surface area contributed by atoms with Crippen molar-refractivity contribution in [2.75, 3.05) is 24.5 Å². The minimum absolute atomic E-state index is 0.141. The molecule has 1 unspecified atom stereocenters. The molecule has 1 heterocycles. The van der Waals surface area contributed by atoms with Gasteiger partial charge in [0, 0.05) is 24.7 Å². The Balaban J connectivity index is 2.02. The molecule has 1 aliphatic heterocycles. The number of hydrogen-bond acceptors (Lipinski definition) is 3. The molecule has 104 valence electrons. The Morgan fingerprint density at radius 1 is 1.53 bits per heavy atom. The van der Waals surface area contributed by atoms with Gasteiger partial charge in [0.05, 0.1) is 0 Å². The third-order valence-electron chi connectivity index (χ3n) is 3.62. The maximum atomic E-state index is 12.4. The highest BCUT2D eigenvalue weighted by atomic mass is 16.3. The highest BCUT2D eigenvalue weighted by Gasteiger charge is 2.21. The van der Waals surface area contributed by atoms with Crippen molar-refractivity contribution in [1.29, 1.82) is 0 Å². The zero-order valence-corrected chi connectivity index (χ0v) is 11.4. The van der Waals surface area contributed by atoms with Gasteiger partial charge in [-0.05, 0) is 50.9 Å². The third kappa shape index (κ3) is 3.70. The van der Waals surface area contributed by atoms with E-state index in [1.54, 1.807) is 23.1 Å². The minimum atomic E-state index is 0.141. The summed E-state index contributed by atoms with van der Waals surface area (Å²) in [4.78, 5) is 14.1. The predicted molar refractivity (Wildman–Crippen MR) is 76.3 cm³/mol. The first-order valence-electron chi connectivity index (χ1n) is 7.01. The molecule has 4 nitrogen and oxygen atoms in total. The molecule has 0 saturated carbocycles. The van der Waals surface area contributed by atoms with Gasteiger partial charge >= 0.3 is 0 Å². The van der Waals surface area contributed by atoms with Gasteiger partial charge in [-0.2, -0.15) is 0 Å². The van der Waals surface area contributed by atoms with Gasteiger partial charge in [-0.15, -0.1) is 0 Å². The Morgan fingerprint density at radius 2 is 2.37 bits per heavy atom. The second kappa shape index (κ2) is 6.57. The first kappa shape index (κ1) is 13.9. The average molecular weight is 262 g/mol. The van der Waals surface area contributed by atoms with E-state index in [-0.39, 0.29) is 11.7 Å². The molecule has 1 aliphatic rings. The normalized spacial score (nSPS) is 19.1. The number of phenols is 1. The molecule has 0 spiro atoms. The van der Waals surface area contributed by atoms with Gasteiger partial charge in [-0.1, -0.05) is 6.07 Å². The van der Waals surface area contributed by atoms with E-state index in [9.17, 15) is 9.90 Å². The average Bonchev–Trinajstić information content (AvgIpc) is 2.41. The van der Waals surface area contributed by atoms with Crippen LogP contribution in [0.4, 0.5) is 5.69 Å². The maximum absolute atomic E-state index is 12.4. The van der Waals surface area contributed by atoms with Gasteiger partial charge in [0.25, 0.3) is 0 Å². The number of carbonyl (C=O) groups excluding carboxylic acids is 1. The van der Waals surface area contributed by atoms with Crippen molar-refractivity contribution in [1.82, 2.24) is 5.32 Å². The fraction of sp³-hybridized carbons (Fsp3) is 0.533. The number of benzene rings is 1. The number of nitrogens with zero attached hydrogens (tertiary/aromatic N) is 1. The fourth-order valence-corrected chi connectivity index (χ4v) is 2.62. The number of hydrogen-bond donors (Lipinski definition) is 2. The summed E-state index contributed by atoms with van der Waals surface area (Å²) in [6.45, 7) is 4.58. The summed E-state index contributed by atoms with van der Waals surface area (Å²) in [5.41, 5.74) is 0.774. The van der Waals surface area contributed by atoms with E-state index in [0.29, 0.717) is 18.9 Å². The number of phenolic OH excluding ortho intramolecular Hbond substituents is 1. The lowest BCUT2D eigenvalue weighted by Crippen LogP contribution is -2.36. The zero-order chi connectivity index (χ0) is 13.7. The van der Waals surface area contributed by atoms with Crippen LogP contribution in [0.5, 0.6) is 5.75 Å². The SMILES string of the molecule is CCN(C(=O)CC1CCCNC1)c1cccc(O)c1. The van der Waals surface area contributed by atoms with Crippen LogP contribution in [0, 0.1) is 5.92 Å². The summed E-state index contributed by atoms with van der Waals surface area (Å²) >= 11 is 0. The molecule has 0 bridgehead atoms. The van der Waals surface area contributed by atoms with E-state index in [2.05, 4.69) is 5.32 Å². The molecular weight excluding hydrogens is 240 g/mol. The maximum Gasteiger partial charge on any atom is 0.227 e. The van der Waals surface area contributed by atoms with Crippen LogP contribution in [0.1, 0.15) is 26.2 Å². The lowest BCUT2D eigenvalue weighted by atomic mass is 9.95. The second-order valence-electron chi connectivity index (χ2n) is 5.07. The van der Waals surface area contributed by atoms with E-state index in [1.807, 2.05) is 13.0 Å². The Kier molecular flexibility index (Phi) is 4.80. The van der Waals surface area contributed by atoms with Crippen molar-refractivity contribution in [3.63, 3.8) is 0 Å². The molecule has 19 heavy (non-hydrogen) atoms. The molecule has 0 aromatic heterocycles. The van der Waals surface area contributed by atoms with E-state index in [1.165, 1.54) is 0 Å². The van der Waals surface area contributed by atoms with Gasteiger partial charge in [0.2, 0.25) is 5.91 Å². The van der Waals surface area contributed by atoms with Gasteiger partial charge in [0.1, 0.15) is 5.75 Å². The minimum Gasteiger partial charge on any atom is -0.508 e. The van der Waals surface area contributed by atoms with Gasteiger partial charge in [0.15, 0.2) is 0 Å². The second-order valence-corrected chi connectivity index (χ2v) is 5.07. The topological polar surface area (TPSA) is 52.6 Å². The summed E-state index contributed by atoms with van der Waals surface area (Å²) in [7, 11) is 0. The summed E-state index contributed by atoms with van der Waals surface area (Å²) < 4.78 is 0. The van der Waals surface area contributed by atoms with Crippen molar-refractivity contribution < 1.29 is 9.90 Å². The monoisotopic (exact) mass is 262 g/mol. The molecule has 2 N–H and O–H groups in total.